The van der Waals surface area contributed by atoms with Crippen LogP contribution in [0.4, 0.5) is 5.69 Å². The molecule has 0 amide bonds. The Bertz CT molecular complexity index is 923. The van der Waals surface area contributed by atoms with Crippen LogP contribution in [0.15, 0.2) is 59.1 Å². The Morgan fingerprint density at radius 3 is 2.50 bits per heavy atom. The number of allylic oxidation sites excluding steroid dienone is 2. The summed E-state index contributed by atoms with van der Waals surface area (Å²) in [6.45, 7) is 7.75. The van der Waals surface area contributed by atoms with Crippen LogP contribution in [0.5, 0.6) is 5.75 Å². The van der Waals surface area contributed by atoms with Gasteiger partial charge in [0.25, 0.3) is 0 Å². The van der Waals surface area contributed by atoms with Gasteiger partial charge < -0.3 is 14.8 Å². The Labute approximate surface area is 167 Å². The van der Waals surface area contributed by atoms with E-state index in [1.54, 1.807) is 0 Å². The highest BCUT2D eigenvalue weighted by molar-refractivity contribution is 6.10. The topological polar surface area (TPSA) is 61.0 Å². The van der Waals surface area contributed by atoms with Gasteiger partial charge in [-0.2, -0.15) is 0 Å². The van der Waals surface area contributed by atoms with Crippen molar-refractivity contribution < 1.29 is 10.2 Å². The zero-order valence-electron chi connectivity index (χ0n) is 17.1. The number of aliphatic hydroxyl groups is 1. The smallest absolute Gasteiger partial charge is 0.167 e. The van der Waals surface area contributed by atoms with Crippen molar-refractivity contribution >= 4 is 11.4 Å². The molecular formula is C23H29N3O2. The Hall–Kier alpha value is -2.63. The average Bonchev–Trinajstić information content (AvgIpc) is 2.91. The van der Waals surface area contributed by atoms with Crippen LogP contribution >= 0.6 is 0 Å². The van der Waals surface area contributed by atoms with E-state index in [-0.39, 0.29) is 18.4 Å². The van der Waals surface area contributed by atoms with Gasteiger partial charge in [-0.25, -0.2) is 4.99 Å². The quantitative estimate of drug-likeness (QED) is 0.798. The second-order valence-corrected chi connectivity index (χ2v) is 7.10. The molecule has 0 fully saturated rings. The molecular weight excluding hydrogens is 350 g/mol. The predicted octanol–water partition coefficient (Wildman–Crippen LogP) is 3.98. The second kappa shape index (κ2) is 8.59. The number of aromatic hydroxyl groups is 1. The van der Waals surface area contributed by atoms with Gasteiger partial charge in [-0.15, -0.1) is 0 Å². The van der Waals surface area contributed by atoms with Gasteiger partial charge >= 0.3 is 0 Å². The molecule has 5 heteroatoms. The lowest BCUT2D eigenvalue weighted by atomic mass is 10.0. The second-order valence-electron chi connectivity index (χ2n) is 7.10. The average molecular weight is 380 g/mol. The number of benzene rings is 1. The van der Waals surface area contributed by atoms with Crippen LogP contribution in [0.2, 0.25) is 0 Å². The van der Waals surface area contributed by atoms with Crippen LogP contribution in [-0.2, 0) is 7.05 Å². The molecule has 1 aliphatic rings. The first-order valence-electron chi connectivity index (χ1n) is 9.72. The van der Waals surface area contributed by atoms with Crippen molar-refractivity contribution in [2.45, 2.75) is 26.8 Å². The van der Waals surface area contributed by atoms with Crippen LogP contribution in [0, 0.1) is 6.92 Å². The van der Waals surface area contributed by atoms with Crippen molar-refractivity contribution in [3.63, 3.8) is 0 Å². The third-order valence-electron chi connectivity index (χ3n) is 5.40. The highest BCUT2D eigenvalue weighted by atomic mass is 16.3. The van der Waals surface area contributed by atoms with Crippen molar-refractivity contribution in [1.82, 2.24) is 9.47 Å². The SMILES string of the molecule is CCN(CCO)C1C=CC(=Nc2c(O)c(-c3ccccc3)n(C)c2C)C(C)=C1. The summed E-state index contributed by atoms with van der Waals surface area (Å²) < 4.78 is 1.98. The van der Waals surface area contributed by atoms with Crippen LogP contribution in [0.1, 0.15) is 19.5 Å². The van der Waals surface area contributed by atoms with Gasteiger partial charge in [0, 0.05) is 30.9 Å². The Morgan fingerprint density at radius 2 is 1.89 bits per heavy atom. The summed E-state index contributed by atoms with van der Waals surface area (Å²) in [5.41, 5.74) is 5.17. The van der Waals surface area contributed by atoms with Gasteiger partial charge in [0.15, 0.2) is 5.75 Å². The zero-order chi connectivity index (χ0) is 20.3. The maximum atomic E-state index is 10.9. The summed E-state index contributed by atoms with van der Waals surface area (Å²) in [5, 5.41) is 20.2. The summed E-state index contributed by atoms with van der Waals surface area (Å²) in [6.07, 6.45) is 6.26. The minimum Gasteiger partial charge on any atom is -0.504 e. The van der Waals surface area contributed by atoms with Crippen LogP contribution in [-0.4, -0.2) is 51.1 Å². The van der Waals surface area contributed by atoms with E-state index in [0.717, 1.165) is 34.8 Å². The van der Waals surface area contributed by atoms with E-state index in [0.29, 0.717) is 12.2 Å². The maximum absolute atomic E-state index is 10.9. The van der Waals surface area contributed by atoms with Crippen LogP contribution < -0.4 is 0 Å². The van der Waals surface area contributed by atoms with E-state index in [2.05, 4.69) is 24.0 Å². The first kappa shape index (κ1) is 20.1. The number of nitrogens with zero attached hydrogens (tertiary/aromatic N) is 3. The predicted molar refractivity (Wildman–Crippen MR) is 115 cm³/mol. The fraction of sp³-hybridized carbons (Fsp3) is 0.348. The maximum Gasteiger partial charge on any atom is 0.167 e. The van der Waals surface area contributed by atoms with Gasteiger partial charge in [0.05, 0.1) is 18.0 Å². The number of aliphatic hydroxyl groups excluding tert-OH is 1. The molecule has 28 heavy (non-hydrogen) atoms. The van der Waals surface area contributed by atoms with Crippen molar-refractivity contribution in [2.24, 2.45) is 12.0 Å². The van der Waals surface area contributed by atoms with E-state index in [1.165, 1.54) is 0 Å². The Kier molecular flexibility index (Phi) is 6.17. The molecule has 0 aliphatic heterocycles. The van der Waals surface area contributed by atoms with Gasteiger partial charge in [0.1, 0.15) is 5.69 Å². The van der Waals surface area contributed by atoms with E-state index in [9.17, 15) is 10.2 Å². The molecule has 148 valence electrons. The summed E-state index contributed by atoms with van der Waals surface area (Å²) in [5.74, 6) is 0.206. The standard InChI is InChI=1S/C23H29N3O2/c1-5-26(13-14-27)19-11-12-20(16(2)15-19)24-21-17(3)25(4)22(23(21)28)18-9-7-6-8-10-18/h6-12,15,19,27-28H,5,13-14H2,1-4H3. The van der Waals surface area contributed by atoms with Crippen LogP contribution in [0.3, 0.4) is 0 Å². The monoisotopic (exact) mass is 379 g/mol. The molecule has 0 radical (unpaired) electrons. The first-order chi connectivity index (χ1) is 13.5. The van der Waals surface area contributed by atoms with Gasteiger partial charge in [-0.1, -0.05) is 49.4 Å². The molecule has 5 nitrogen and oxygen atoms in total. The van der Waals surface area contributed by atoms with Crippen molar-refractivity contribution in [3.05, 3.63) is 59.8 Å². The minimum atomic E-state index is 0.144. The number of hydrogen-bond acceptors (Lipinski definition) is 4. The molecule has 0 spiro atoms. The van der Waals surface area contributed by atoms with E-state index in [1.807, 2.05) is 61.9 Å². The zero-order valence-corrected chi connectivity index (χ0v) is 17.1. The largest absolute Gasteiger partial charge is 0.504 e. The van der Waals surface area contributed by atoms with Crippen molar-refractivity contribution in [2.75, 3.05) is 19.7 Å². The molecule has 1 heterocycles. The lowest BCUT2D eigenvalue weighted by Crippen LogP contribution is -2.36. The number of rotatable bonds is 6. The van der Waals surface area contributed by atoms with Gasteiger partial charge in [-0.05, 0) is 32.0 Å². The molecule has 2 N–H and O–H groups in total. The highest BCUT2D eigenvalue weighted by Crippen LogP contribution is 2.42. The Balaban J connectivity index is 1.96. The molecule has 0 saturated heterocycles. The number of likely N-dealkylation sites (N-methyl/N-ethyl adjacent to an activating group) is 1. The summed E-state index contributed by atoms with van der Waals surface area (Å²) in [7, 11) is 1.95. The van der Waals surface area contributed by atoms with Crippen LogP contribution in [0.25, 0.3) is 11.3 Å². The van der Waals surface area contributed by atoms with E-state index in [4.69, 9.17) is 4.99 Å². The number of aromatic nitrogens is 1. The van der Waals surface area contributed by atoms with Gasteiger partial charge in [-0.3, -0.25) is 4.90 Å². The number of hydrogen-bond donors (Lipinski definition) is 2. The molecule has 0 saturated carbocycles. The molecule has 3 rings (SSSR count). The Morgan fingerprint density at radius 1 is 1.18 bits per heavy atom. The van der Waals surface area contributed by atoms with E-state index < -0.39 is 0 Å². The third kappa shape index (κ3) is 3.81. The minimum absolute atomic E-state index is 0.144. The van der Waals surface area contributed by atoms with Crippen molar-refractivity contribution in [3.8, 4) is 17.0 Å². The van der Waals surface area contributed by atoms with Gasteiger partial charge in [0.2, 0.25) is 0 Å². The normalized spacial score (nSPS) is 18.1. The fourth-order valence-corrected chi connectivity index (χ4v) is 3.67. The summed E-state index contributed by atoms with van der Waals surface area (Å²) in [6, 6.07) is 10.0. The molecule has 1 unspecified atom stereocenters. The first-order valence-corrected chi connectivity index (χ1v) is 9.72. The molecule has 1 aromatic heterocycles. The van der Waals surface area contributed by atoms with E-state index >= 15 is 0 Å². The highest BCUT2D eigenvalue weighted by Gasteiger charge is 2.21. The lowest BCUT2D eigenvalue weighted by Gasteiger charge is -2.28. The number of aliphatic imine (C=N–C) groups is 1. The summed E-state index contributed by atoms with van der Waals surface area (Å²) in [4.78, 5) is 7.00. The molecule has 2 aromatic rings. The molecule has 1 aromatic carbocycles. The summed E-state index contributed by atoms with van der Waals surface area (Å²) >= 11 is 0. The molecule has 0 bridgehead atoms. The third-order valence-corrected chi connectivity index (χ3v) is 5.40. The molecule has 1 aliphatic carbocycles. The van der Waals surface area contributed by atoms with Crippen molar-refractivity contribution in [1.29, 1.82) is 0 Å². The molecule has 1 atom stereocenters. The fourth-order valence-electron chi connectivity index (χ4n) is 3.67. The lowest BCUT2D eigenvalue weighted by molar-refractivity contribution is 0.193.